The Hall–Kier alpha value is -3.07. The molecule has 0 saturated heterocycles. The van der Waals surface area contributed by atoms with Gasteiger partial charge < -0.3 is 4.84 Å². The van der Waals surface area contributed by atoms with Gasteiger partial charge in [-0.1, -0.05) is 12.1 Å². The molecule has 8 nitrogen and oxygen atoms in total. The molecule has 0 amide bonds. The fraction of sp³-hybridized carbons (Fsp3) is 0.0769. The molecule has 0 aliphatic rings. The third kappa shape index (κ3) is 3.73. The Morgan fingerprint density at radius 2 is 1.73 bits per heavy atom. The lowest BCUT2D eigenvalue weighted by atomic mass is 10.2. The molecule has 0 aliphatic heterocycles. The lowest BCUT2D eigenvalue weighted by Crippen LogP contribution is -2.18. The van der Waals surface area contributed by atoms with Crippen molar-refractivity contribution < 1.29 is 19.1 Å². The molecule has 2 aromatic carbocycles. The molecule has 0 aliphatic carbocycles. The number of hydrogen-bond donors (Lipinski definition) is 1. The molecule has 9 heteroatoms. The van der Waals surface area contributed by atoms with E-state index in [-0.39, 0.29) is 18.1 Å². The molecule has 0 radical (unpaired) electrons. The van der Waals surface area contributed by atoms with Crippen LogP contribution < -0.4 is 10.3 Å². The maximum Gasteiger partial charge on any atom is 0.320 e. The van der Waals surface area contributed by atoms with E-state index in [9.17, 15) is 24.6 Å². The number of nitrogens with zero attached hydrogens (tertiary/aromatic N) is 2. The fourth-order valence-electron chi connectivity index (χ4n) is 1.65. The summed E-state index contributed by atoms with van der Waals surface area (Å²) in [7, 11) is 0. The molecule has 114 valence electrons. The van der Waals surface area contributed by atoms with Gasteiger partial charge in [-0.25, -0.2) is 4.39 Å². The van der Waals surface area contributed by atoms with Crippen molar-refractivity contribution in [2.24, 2.45) is 0 Å². The average molecular weight is 307 g/mol. The van der Waals surface area contributed by atoms with Gasteiger partial charge in [-0.3, -0.25) is 20.2 Å². The Labute approximate surface area is 123 Å². The number of hydrogen-bond acceptors (Lipinski definition) is 6. The largest absolute Gasteiger partial charge is 0.401 e. The molecule has 0 aromatic heterocycles. The Morgan fingerprint density at radius 1 is 1.05 bits per heavy atom. The first-order chi connectivity index (χ1) is 10.5. The molecule has 0 fully saturated rings. The summed E-state index contributed by atoms with van der Waals surface area (Å²) >= 11 is 0. The molecule has 0 saturated carbocycles. The molecular formula is C13H10FN3O5. The van der Waals surface area contributed by atoms with Crippen molar-refractivity contribution in [1.82, 2.24) is 5.48 Å². The van der Waals surface area contributed by atoms with Crippen LogP contribution in [0.5, 0.6) is 5.75 Å². The van der Waals surface area contributed by atoms with E-state index in [4.69, 9.17) is 4.84 Å². The highest BCUT2D eigenvalue weighted by atomic mass is 19.1. The molecule has 0 spiro atoms. The van der Waals surface area contributed by atoms with Crippen molar-refractivity contribution in [3.63, 3.8) is 0 Å². The number of benzene rings is 2. The zero-order valence-electron chi connectivity index (χ0n) is 11.1. The Morgan fingerprint density at radius 3 is 2.32 bits per heavy atom. The monoisotopic (exact) mass is 307 g/mol. The molecule has 0 heterocycles. The van der Waals surface area contributed by atoms with E-state index in [1.807, 2.05) is 0 Å². The number of halogens is 1. The van der Waals surface area contributed by atoms with Crippen LogP contribution >= 0.6 is 0 Å². The van der Waals surface area contributed by atoms with E-state index in [0.717, 1.165) is 18.2 Å². The third-order valence-corrected chi connectivity index (χ3v) is 2.72. The van der Waals surface area contributed by atoms with E-state index >= 15 is 0 Å². The van der Waals surface area contributed by atoms with E-state index in [0.29, 0.717) is 5.56 Å². The normalized spacial score (nSPS) is 10.2. The van der Waals surface area contributed by atoms with Gasteiger partial charge in [0.25, 0.3) is 5.69 Å². The standard InChI is InChI=1S/C13H10FN3O5/c14-10-3-1-9(2-4-10)8-15-22-13-6-5-11(16(18)19)7-12(13)17(20)21/h1-7,15H,8H2. The van der Waals surface area contributed by atoms with Crippen LogP contribution in [0.15, 0.2) is 42.5 Å². The topological polar surface area (TPSA) is 108 Å². The van der Waals surface area contributed by atoms with Gasteiger partial charge in [-0.2, -0.15) is 5.48 Å². The van der Waals surface area contributed by atoms with Crippen LogP contribution in [0.4, 0.5) is 15.8 Å². The number of nitro groups is 2. The van der Waals surface area contributed by atoms with Crippen molar-refractivity contribution in [2.75, 3.05) is 0 Å². The lowest BCUT2D eigenvalue weighted by molar-refractivity contribution is -0.394. The number of nitrogens with one attached hydrogen (secondary N) is 1. The minimum atomic E-state index is -0.776. The van der Waals surface area contributed by atoms with E-state index < -0.39 is 21.2 Å². The summed E-state index contributed by atoms with van der Waals surface area (Å²) in [6.07, 6.45) is 0. The lowest BCUT2D eigenvalue weighted by Gasteiger charge is -2.07. The van der Waals surface area contributed by atoms with Crippen molar-refractivity contribution in [3.05, 3.63) is 74.1 Å². The average Bonchev–Trinajstić information content (AvgIpc) is 2.49. The SMILES string of the molecule is O=[N+]([O-])c1ccc(ONCc2ccc(F)cc2)c([N+](=O)[O-])c1. The van der Waals surface area contributed by atoms with Gasteiger partial charge in [0.1, 0.15) is 5.82 Å². The zero-order valence-corrected chi connectivity index (χ0v) is 11.1. The predicted octanol–water partition coefficient (Wildman–Crippen LogP) is 2.73. The number of hydroxylamine groups is 1. The molecule has 0 bridgehead atoms. The number of nitro benzene ring substituents is 2. The van der Waals surface area contributed by atoms with Crippen molar-refractivity contribution in [1.29, 1.82) is 0 Å². The van der Waals surface area contributed by atoms with E-state index in [2.05, 4.69) is 5.48 Å². The van der Waals surface area contributed by atoms with Crippen LogP contribution in [0.2, 0.25) is 0 Å². The van der Waals surface area contributed by atoms with Crippen molar-refractivity contribution >= 4 is 11.4 Å². The van der Waals surface area contributed by atoms with Gasteiger partial charge in [0, 0.05) is 6.07 Å². The first-order valence-electron chi connectivity index (χ1n) is 6.04. The predicted molar refractivity (Wildman–Crippen MR) is 73.6 cm³/mol. The van der Waals surface area contributed by atoms with Gasteiger partial charge in [-0.15, -0.1) is 0 Å². The summed E-state index contributed by atoms with van der Waals surface area (Å²) in [5, 5.41) is 21.5. The van der Waals surface area contributed by atoms with Gasteiger partial charge in [0.15, 0.2) is 0 Å². The maximum atomic E-state index is 12.7. The summed E-state index contributed by atoms with van der Waals surface area (Å²) in [5.74, 6) is -0.534. The maximum absolute atomic E-state index is 12.7. The van der Waals surface area contributed by atoms with Gasteiger partial charge >= 0.3 is 5.69 Å². The minimum Gasteiger partial charge on any atom is -0.401 e. The Kier molecular flexibility index (Phi) is 4.59. The van der Waals surface area contributed by atoms with Crippen LogP contribution in [-0.4, -0.2) is 9.85 Å². The molecule has 2 rings (SSSR count). The first kappa shape index (κ1) is 15.3. The highest BCUT2D eigenvalue weighted by molar-refractivity contribution is 5.53. The molecule has 0 unspecified atom stereocenters. The van der Waals surface area contributed by atoms with Crippen LogP contribution in [0, 0.1) is 26.0 Å². The van der Waals surface area contributed by atoms with E-state index in [1.54, 1.807) is 0 Å². The quantitative estimate of drug-likeness (QED) is 0.649. The summed E-state index contributed by atoms with van der Waals surface area (Å²) in [4.78, 5) is 25.1. The first-order valence-corrected chi connectivity index (χ1v) is 6.04. The second kappa shape index (κ2) is 6.59. The second-order valence-electron chi connectivity index (χ2n) is 4.22. The molecule has 1 N–H and O–H groups in total. The number of rotatable bonds is 6. The van der Waals surface area contributed by atoms with Crippen LogP contribution in [0.1, 0.15) is 5.56 Å². The molecule has 0 atom stereocenters. The summed E-state index contributed by atoms with van der Waals surface area (Å²) in [5.41, 5.74) is 2.25. The van der Waals surface area contributed by atoms with Gasteiger partial charge in [-0.05, 0) is 23.8 Å². The summed E-state index contributed by atoms with van der Waals surface area (Å²) in [6, 6.07) is 8.63. The number of non-ortho nitro benzene ring substituents is 1. The van der Waals surface area contributed by atoms with E-state index in [1.165, 1.54) is 24.3 Å². The highest BCUT2D eigenvalue weighted by Crippen LogP contribution is 2.30. The summed E-state index contributed by atoms with van der Waals surface area (Å²) < 4.78 is 12.7. The highest BCUT2D eigenvalue weighted by Gasteiger charge is 2.20. The van der Waals surface area contributed by atoms with Gasteiger partial charge in [0.2, 0.25) is 5.75 Å². The minimum absolute atomic E-state index is 0.155. The molecular weight excluding hydrogens is 297 g/mol. The Balaban J connectivity index is 2.07. The third-order valence-electron chi connectivity index (χ3n) is 2.72. The Bertz CT molecular complexity index is 705. The fourth-order valence-corrected chi connectivity index (χ4v) is 1.65. The molecule has 22 heavy (non-hydrogen) atoms. The van der Waals surface area contributed by atoms with Crippen LogP contribution in [0.3, 0.4) is 0 Å². The van der Waals surface area contributed by atoms with Crippen LogP contribution in [-0.2, 0) is 6.54 Å². The van der Waals surface area contributed by atoms with Crippen molar-refractivity contribution in [2.45, 2.75) is 6.54 Å². The van der Waals surface area contributed by atoms with Crippen molar-refractivity contribution in [3.8, 4) is 5.75 Å². The second-order valence-corrected chi connectivity index (χ2v) is 4.22. The van der Waals surface area contributed by atoms with Gasteiger partial charge in [0.05, 0.1) is 22.5 Å². The molecule has 2 aromatic rings. The smallest absolute Gasteiger partial charge is 0.320 e. The summed E-state index contributed by atoms with van der Waals surface area (Å²) in [6.45, 7) is 0.175. The zero-order chi connectivity index (χ0) is 16.1. The van der Waals surface area contributed by atoms with Crippen LogP contribution in [0.25, 0.3) is 0 Å².